The second kappa shape index (κ2) is 5.89. The Morgan fingerprint density at radius 2 is 2.38 bits per heavy atom. The number of carboxylic acid groups (broad SMARTS) is 1. The van der Waals surface area contributed by atoms with E-state index < -0.39 is 17.9 Å². The van der Waals surface area contributed by atoms with E-state index in [2.05, 4.69) is 15.3 Å². The van der Waals surface area contributed by atoms with Crippen LogP contribution in [0.2, 0.25) is 0 Å². The largest absolute Gasteiger partial charge is 0.480 e. The highest BCUT2D eigenvalue weighted by molar-refractivity contribution is 5.94. The van der Waals surface area contributed by atoms with E-state index in [9.17, 15) is 9.59 Å². The van der Waals surface area contributed by atoms with Gasteiger partial charge in [-0.2, -0.15) is 0 Å². The number of hydrogen-bond donors (Lipinski definition) is 3. The lowest BCUT2D eigenvalue weighted by Gasteiger charge is -2.12. The smallest absolute Gasteiger partial charge is 0.326 e. The molecule has 3 N–H and O–H groups in total. The van der Waals surface area contributed by atoms with Crippen molar-refractivity contribution < 1.29 is 14.7 Å². The van der Waals surface area contributed by atoms with Crippen molar-refractivity contribution in [3.8, 4) is 0 Å². The summed E-state index contributed by atoms with van der Waals surface area (Å²) in [5.74, 6) is -1.46. The van der Waals surface area contributed by atoms with Crippen molar-refractivity contribution in [1.82, 2.24) is 15.3 Å². The van der Waals surface area contributed by atoms with Crippen LogP contribution in [0.4, 0.5) is 0 Å². The molecule has 0 saturated carbocycles. The van der Waals surface area contributed by atoms with E-state index in [1.165, 1.54) is 12.5 Å². The van der Waals surface area contributed by atoms with Gasteiger partial charge in [0, 0.05) is 0 Å². The van der Waals surface area contributed by atoms with Crippen molar-refractivity contribution in [2.45, 2.75) is 32.2 Å². The van der Waals surface area contributed by atoms with Crippen LogP contribution < -0.4 is 5.32 Å². The molecule has 88 valence electrons. The SMILES string of the molecule is CCCCC(NC(=O)c1cnc[nH]1)C(=O)O. The van der Waals surface area contributed by atoms with Crippen LogP contribution in [0, 0.1) is 0 Å². The Kier molecular flexibility index (Phi) is 4.50. The fourth-order valence-electron chi connectivity index (χ4n) is 1.28. The number of carbonyl (C=O) groups is 2. The second-order valence-electron chi connectivity index (χ2n) is 3.47. The molecule has 0 aliphatic rings. The Morgan fingerprint density at radius 3 is 2.88 bits per heavy atom. The summed E-state index contributed by atoms with van der Waals surface area (Å²) in [4.78, 5) is 28.7. The van der Waals surface area contributed by atoms with Crippen LogP contribution in [0.1, 0.15) is 36.7 Å². The van der Waals surface area contributed by atoms with Gasteiger partial charge in [0.1, 0.15) is 11.7 Å². The molecule has 1 heterocycles. The molecule has 1 aromatic rings. The Balaban J connectivity index is 2.54. The molecule has 0 fully saturated rings. The van der Waals surface area contributed by atoms with Gasteiger partial charge in [-0.1, -0.05) is 19.8 Å². The molecule has 0 aromatic carbocycles. The zero-order valence-electron chi connectivity index (χ0n) is 9.06. The van der Waals surface area contributed by atoms with Crippen molar-refractivity contribution in [2.24, 2.45) is 0 Å². The molecular formula is C10H15N3O3. The standard InChI is InChI=1S/C10H15N3O3/c1-2-3-4-7(10(15)16)13-9(14)8-5-11-6-12-8/h5-7H,2-4H2,1H3,(H,11,12)(H,13,14)(H,15,16). The van der Waals surface area contributed by atoms with Crippen molar-refractivity contribution in [3.05, 3.63) is 18.2 Å². The number of imidazole rings is 1. The highest BCUT2D eigenvalue weighted by Crippen LogP contribution is 2.02. The molecule has 1 unspecified atom stereocenters. The maximum absolute atomic E-state index is 11.5. The summed E-state index contributed by atoms with van der Waals surface area (Å²) in [5.41, 5.74) is 0.266. The van der Waals surface area contributed by atoms with Gasteiger partial charge in [-0.25, -0.2) is 9.78 Å². The first-order valence-corrected chi connectivity index (χ1v) is 5.17. The topological polar surface area (TPSA) is 95.1 Å². The Morgan fingerprint density at radius 1 is 1.62 bits per heavy atom. The maximum atomic E-state index is 11.5. The van der Waals surface area contributed by atoms with E-state index in [-0.39, 0.29) is 5.69 Å². The number of nitrogens with one attached hydrogen (secondary N) is 2. The third kappa shape index (κ3) is 3.38. The Hall–Kier alpha value is -1.85. The summed E-state index contributed by atoms with van der Waals surface area (Å²) in [7, 11) is 0. The Labute approximate surface area is 93.1 Å². The van der Waals surface area contributed by atoms with Crippen LogP contribution in [0.3, 0.4) is 0 Å². The average Bonchev–Trinajstić information content (AvgIpc) is 2.76. The van der Waals surface area contributed by atoms with Gasteiger partial charge in [-0.15, -0.1) is 0 Å². The van der Waals surface area contributed by atoms with Gasteiger partial charge < -0.3 is 15.4 Å². The molecule has 0 spiro atoms. The first-order valence-electron chi connectivity index (χ1n) is 5.17. The minimum atomic E-state index is -1.01. The minimum Gasteiger partial charge on any atom is -0.480 e. The molecule has 1 amide bonds. The molecule has 6 heteroatoms. The van der Waals surface area contributed by atoms with Crippen LogP contribution in [0.25, 0.3) is 0 Å². The van der Waals surface area contributed by atoms with Gasteiger partial charge in [-0.3, -0.25) is 4.79 Å². The number of carbonyl (C=O) groups excluding carboxylic acids is 1. The van der Waals surface area contributed by atoms with Crippen molar-refractivity contribution in [1.29, 1.82) is 0 Å². The first-order chi connectivity index (χ1) is 7.65. The zero-order valence-corrected chi connectivity index (χ0v) is 9.06. The highest BCUT2D eigenvalue weighted by Gasteiger charge is 2.20. The lowest BCUT2D eigenvalue weighted by molar-refractivity contribution is -0.139. The maximum Gasteiger partial charge on any atom is 0.326 e. The van der Waals surface area contributed by atoms with Crippen molar-refractivity contribution >= 4 is 11.9 Å². The third-order valence-electron chi connectivity index (χ3n) is 2.19. The lowest BCUT2D eigenvalue weighted by atomic mass is 10.1. The number of aromatic amines is 1. The molecular weight excluding hydrogens is 210 g/mol. The summed E-state index contributed by atoms with van der Waals surface area (Å²) in [6.45, 7) is 1.97. The molecule has 0 aliphatic carbocycles. The van der Waals surface area contributed by atoms with Gasteiger partial charge in [0.05, 0.1) is 12.5 Å². The normalized spacial score (nSPS) is 12.1. The van der Waals surface area contributed by atoms with E-state index in [0.717, 1.165) is 12.8 Å². The van der Waals surface area contributed by atoms with Crippen LogP contribution in [0.5, 0.6) is 0 Å². The average molecular weight is 225 g/mol. The number of nitrogens with zero attached hydrogens (tertiary/aromatic N) is 1. The number of amides is 1. The molecule has 1 atom stereocenters. The number of unbranched alkanes of at least 4 members (excludes halogenated alkanes) is 1. The summed E-state index contributed by atoms with van der Waals surface area (Å²) in [6.07, 6.45) is 4.82. The quantitative estimate of drug-likeness (QED) is 0.666. The van der Waals surface area contributed by atoms with Crippen LogP contribution in [-0.2, 0) is 4.79 Å². The van der Waals surface area contributed by atoms with Gasteiger partial charge >= 0.3 is 5.97 Å². The first kappa shape index (κ1) is 12.2. The number of aliphatic carboxylic acids is 1. The summed E-state index contributed by atoms with van der Waals surface area (Å²) < 4.78 is 0. The van der Waals surface area contributed by atoms with Crippen molar-refractivity contribution in [2.75, 3.05) is 0 Å². The molecule has 6 nitrogen and oxygen atoms in total. The lowest BCUT2D eigenvalue weighted by Crippen LogP contribution is -2.40. The summed E-state index contributed by atoms with van der Waals surface area (Å²) >= 11 is 0. The minimum absolute atomic E-state index is 0.266. The number of rotatable bonds is 6. The molecule has 1 aromatic heterocycles. The van der Waals surface area contributed by atoms with Crippen LogP contribution >= 0.6 is 0 Å². The predicted molar refractivity (Wildman–Crippen MR) is 57.0 cm³/mol. The number of hydrogen-bond acceptors (Lipinski definition) is 3. The molecule has 0 saturated heterocycles. The van der Waals surface area contributed by atoms with Gasteiger partial charge in [0.2, 0.25) is 0 Å². The highest BCUT2D eigenvalue weighted by atomic mass is 16.4. The zero-order chi connectivity index (χ0) is 12.0. The van der Waals surface area contributed by atoms with E-state index in [1.54, 1.807) is 0 Å². The number of H-pyrrole nitrogens is 1. The monoisotopic (exact) mass is 225 g/mol. The summed E-state index contributed by atoms with van der Waals surface area (Å²) in [6, 6.07) is -0.837. The van der Waals surface area contributed by atoms with Crippen molar-refractivity contribution in [3.63, 3.8) is 0 Å². The fourth-order valence-corrected chi connectivity index (χ4v) is 1.28. The van der Waals surface area contributed by atoms with E-state index in [1.807, 2.05) is 6.92 Å². The number of carboxylic acids is 1. The number of aromatic nitrogens is 2. The van der Waals surface area contributed by atoms with E-state index in [4.69, 9.17) is 5.11 Å². The third-order valence-corrected chi connectivity index (χ3v) is 2.19. The molecule has 0 bridgehead atoms. The molecule has 1 rings (SSSR count). The fraction of sp³-hybridized carbons (Fsp3) is 0.500. The second-order valence-corrected chi connectivity index (χ2v) is 3.47. The summed E-state index contributed by atoms with van der Waals surface area (Å²) in [5, 5.41) is 11.3. The van der Waals surface area contributed by atoms with Gasteiger partial charge in [0.25, 0.3) is 5.91 Å². The molecule has 0 radical (unpaired) electrons. The van der Waals surface area contributed by atoms with Gasteiger partial charge in [-0.05, 0) is 6.42 Å². The Bertz CT molecular complexity index is 348. The van der Waals surface area contributed by atoms with E-state index in [0.29, 0.717) is 6.42 Å². The van der Waals surface area contributed by atoms with Crippen LogP contribution in [-0.4, -0.2) is 33.0 Å². The molecule has 16 heavy (non-hydrogen) atoms. The van der Waals surface area contributed by atoms with E-state index >= 15 is 0 Å². The van der Waals surface area contributed by atoms with Gasteiger partial charge in [0.15, 0.2) is 0 Å². The predicted octanol–water partition coefficient (Wildman–Crippen LogP) is 0.783. The molecule has 0 aliphatic heterocycles. The van der Waals surface area contributed by atoms with Crippen LogP contribution in [0.15, 0.2) is 12.5 Å².